The molecule has 0 N–H and O–H groups in total. The lowest BCUT2D eigenvalue weighted by molar-refractivity contribution is 0.507. The molecule has 0 saturated heterocycles. The Morgan fingerprint density at radius 2 is 1.05 bits per heavy atom. The van der Waals surface area contributed by atoms with Crippen molar-refractivity contribution in [1.82, 2.24) is 9.13 Å². The van der Waals surface area contributed by atoms with E-state index in [9.17, 15) is 0 Å². The van der Waals surface area contributed by atoms with Gasteiger partial charge >= 0.3 is 0 Å². The molecule has 2 nitrogen and oxygen atoms in total. The molecule has 0 radical (unpaired) electrons. The summed E-state index contributed by atoms with van der Waals surface area (Å²) in [6, 6.07) is 64.3. The lowest BCUT2D eigenvalue weighted by Gasteiger charge is -2.43. The molecule has 4 aliphatic heterocycles. The van der Waals surface area contributed by atoms with Crippen LogP contribution in [0.25, 0.3) is 77.6 Å². The van der Waals surface area contributed by atoms with Gasteiger partial charge in [0.15, 0.2) is 8.07 Å². The molecule has 0 bridgehead atoms. The van der Waals surface area contributed by atoms with Crippen LogP contribution in [0.5, 0.6) is 0 Å². The zero-order valence-corrected chi connectivity index (χ0v) is 38.5. The van der Waals surface area contributed by atoms with Gasteiger partial charge in [0.05, 0.1) is 11.2 Å². The summed E-state index contributed by atoms with van der Waals surface area (Å²) >= 11 is 0. The summed E-state index contributed by atoms with van der Waals surface area (Å²) in [6.45, 7) is 14.6. The molecule has 0 fully saturated rings. The number of para-hydroxylation sites is 1. The monoisotopic (exact) mass is 836 g/mol. The molecule has 8 aromatic carbocycles. The largest absolute Gasteiger partial charge is 0.310 e. The molecule has 14 rings (SSSR count). The summed E-state index contributed by atoms with van der Waals surface area (Å²) in [5.41, 5.74) is 22.0. The molecule has 2 aromatic heterocycles. The van der Waals surface area contributed by atoms with E-state index in [2.05, 4.69) is 214 Å². The number of benzene rings is 8. The van der Waals surface area contributed by atoms with Gasteiger partial charge in [-0.1, -0.05) is 187 Å². The van der Waals surface area contributed by atoms with E-state index in [0.717, 1.165) is 12.8 Å². The van der Waals surface area contributed by atoms with Gasteiger partial charge in [0, 0.05) is 44.1 Å². The number of hydrogen-bond donors (Lipinski definition) is 0. The van der Waals surface area contributed by atoms with Gasteiger partial charge in [-0.05, 0) is 112 Å². The van der Waals surface area contributed by atoms with Crippen molar-refractivity contribution < 1.29 is 0 Å². The van der Waals surface area contributed by atoms with E-state index in [-0.39, 0.29) is 17.5 Å². The third-order valence-electron chi connectivity index (χ3n) is 16.8. The molecule has 64 heavy (non-hydrogen) atoms. The molecule has 0 unspecified atom stereocenters. The van der Waals surface area contributed by atoms with Crippen LogP contribution in [0.2, 0.25) is 0 Å². The second kappa shape index (κ2) is 12.3. The van der Waals surface area contributed by atoms with E-state index >= 15 is 0 Å². The van der Waals surface area contributed by atoms with Crippen molar-refractivity contribution in [3.05, 3.63) is 175 Å². The van der Waals surface area contributed by atoms with E-state index in [0.29, 0.717) is 0 Å². The minimum Gasteiger partial charge on any atom is -0.310 e. The Morgan fingerprint density at radius 1 is 0.469 bits per heavy atom. The zero-order chi connectivity index (χ0) is 43.0. The molecule has 306 valence electrons. The van der Waals surface area contributed by atoms with Crippen LogP contribution in [0.3, 0.4) is 0 Å². The molecule has 10 aromatic rings. The van der Waals surface area contributed by atoms with Gasteiger partial charge in [-0.3, -0.25) is 0 Å². The maximum atomic E-state index is 2.81. The fraction of sp³-hybridized carbons (Fsp3) is 0.167. The van der Waals surface area contributed by atoms with Crippen molar-refractivity contribution >= 4 is 84.6 Å². The summed E-state index contributed by atoms with van der Waals surface area (Å²) in [7, 11) is -2.93. The maximum absolute atomic E-state index is 2.93. The Morgan fingerprint density at radius 3 is 1.70 bits per heavy atom. The summed E-state index contributed by atoms with van der Waals surface area (Å²) in [6.07, 6.45) is 2.14. The van der Waals surface area contributed by atoms with Gasteiger partial charge in [0.2, 0.25) is 0 Å². The molecule has 0 saturated carbocycles. The first kappa shape index (κ1) is 36.8. The average molecular weight is 837 g/mol. The van der Waals surface area contributed by atoms with Crippen LogP contribution in [-0.2, 0) is 10.8 Å². The van der Waals surface area contributed by atoms with E-state index in [1.165, 1.54) is 121 Å². The number of fused-ring (bicyclic) bond motifs is 11. The molecule has 0 amide bonds. The third kappa shape index (κ3) is 4.25. The number of hydrogen-bond acceptors (Lipinski definition) is 0. The number of aromatic nitrogens is 2. The highest BCUT2D eigenvalue weighted by molar-refractivity contribution is 7.24. The first-order valence-corrected chi connectivity index (χ1v) is 25.5. The summed E-state index contributed by atoms with van der Waals surface area (Å²) in [5.74, 6) is 0. The molecule has 4 aliphatic rings. The average Bonchev–Trinajstić information content (AvgIpc) is 3.97. The molecular weight excluding hydrogens is 788 g/mol. The van der Waals surface area contributed by atoms with Crippen molar-refractivity contribution in [2.75, 3.05) is 0 Å². The van der Waals surface area contributed by atoms with Crippen LogP contribution in [0, 0.1) is 0 Å². The normalized spacial score (nSPS) is 14.6. The van der Waals surface area contributed by atoms with Crippen LogP contribution < -0.4 is 37.1 Å². The van der Waals surface area contributed by atoms with Crippen molar-refractivity contribution in [1.29, 1.82) is 0 Å². The van der Waals surface area contributed by atoms with Crippen molar-refractivity contribution in [2.24, 2.45) is 0 Å². The minimum atomic E-state index is -2.93. The zero-order valence-electron chi connectivity index (χ0n) is 37.5. The quantitative estimate of drug-likeness (QED) is 0.148. The van der Waals surface area contributed by atoms with Gasteiger partial charge in [-0.25, -0.2) is 0 Å². The molecule has 6 heterocycles. The minimum absolute atomic E-state index is 0.000120. The van der Waals surface area contributed by atoms with Crippen LogP contribution in [-0.4, -0.2) is 23.9 Å². The summed E-state index contributed by atoms with van der Waals surface area (Å²) in [5, 5.41) is 10.3. The van der Waals surface area contributed by atoms with E-state index in [1.807, 2.05) is 0 Å². The highest BCUT2D eigenvalue weighted by Gasteiger charge is 2.56. The van der Waals surface area contributed by atoms with Crippen LogP contribution in [0.4, 0.5) is 0 Å². The van der Waals surface area contributed by atoms with Crippen LogP contribution in [0.15, 0.2) is 164 Å². The second-order valence-electron chi connectivity index (χ2n) is 20.4. The predicted molar refractivity (Wildman–Crippen MR) is 276 cm³/mol. The van der Waals surface area contributed by atoms with E-state index in [4.69, 9.17) is 0 Å². The molecule has 0 aliphatic carbocycles. The fourth-order valence-electron chi connectivity index (χ4n) is 12.9. The Hall–Kier alpha value is -6.62. The van der Waals surface area contributed by atoms with Gasteiger partial charge in [0.25, 0.3) is 6.71 Å². The maximum Gasteiger partial charge on any atom is 0.252 e. The second-order valence-corrected chi connectivity index (χ2v) is 24.0. The topological polar surface area (TPSA) is 9.86 Å². The Bertz CT molecular complexity index is 3650. The van der Waals surface area contributed by atoms with Crippen molar-refractivity contribution in [2.45, 2.75) is 65.2 Å². The van der Waals surface area contributed by atoms with Crippen LogP contribution in [0.1, 0.15) is 65.5 Å². The highest BCUT2D eigenvalue weighted by atomic mass is 28.3. The third-order valence-corrected chi connectivity index (χ3v) is 21.7. The first-order chi connectivity index (χ1) is 31.2. The van der Waals surface area contributed by atoms with Gasteiger partial charge in [0.1, 0.15) is 0 Å². The Kier molecular flexibility index (Phi) is 7.10. The Balaban J connectivity index is 1.25. The SMILES string of the molecule is CCC(C)(C)c1cc2c3c(c1)c1cc(C(C)(C)CC)cc4c1n3-c1c(ccc3c1B2c1cccc2c(-c5ccccc5)c(-c5ccccc5)n-3c12)[Si]41c2ccccc2-c2ccccc21. The Labute approximate surface area is 376 Å². The van der Waals surface area contributed by atoms with E-state index < -0.39 is 8.07 Å². The van der Waals surface area contributed by atoms with Gasteiger partial charge < -0.3 is 9.13 Å². The molecule has 0 atom stereocenters. The standard InChI is InChI=1S/C60H49BN2Si/c1-7-59(3,4)38-32-43-44-33-39(60(5,6)8-2)35-51-57(44)63-56(43)46(34-38)61-45-27-19-26-42-52(36-20-11-9-12-21-36)54(37-22-13-10-14-23-37)62(55(42)45)47-30-31-50(58(63)53(47)61)64(51)48-28-17-15-24-40(48)41-25-16-18-29-49(41)64/h9-35H,7-8H2,1-6H3. The lowest BCUT2D eigenvalue weighted by atomic mass is 9.34. The van der Waals surface area contributed by atoms with Crippen LogP contribution >= 0.6 is 0 Å². The lowest BCUT2D eigenvalue weighted by Crippen LogP contribution is -2.77. The summed E-state index contributed by atoms with van der Waals surface area (Å²) < 4.78 is 5.49. The first-order valence-electron chi connectivity index (χ1n) is 23.5. The number of nitrogens with zero attached hydrogens (tertiary/aromatic N) is 2. The van der Waals surface area contributed by atoms with Crippen molar-refractivity contribution in [3.8, 4) is 44.9 Å². The summed E-state index contributed by atoms with van der Waals surface area (Å²) in [4.78, 5) is 0. The predicted octanol–water partition coefficient (Wildman–Crippen LogP) is 10.3. The van der Waals surface area contributed by atoms with Gasteiger partial charge in [-0.15, -0.1) is 0 Å². The van der Waals surface area contributed by atoms with Crippen molar-refractivity contribution in [3.63, 3.8) is 0 Å². The molecule has 1 spiro atoms. The fourth-order valence-corrected chi connectivity index (χ4v) is 18.5. The van der Waals surface area contributed by atoms with Gasteiger partial charge in [-0.2, -0.15) is 0 Å². The molecular formula is C60H49BN2Si. The molecule has 4 heteroatoms. The highest BCUT2D eigenvalue weighted by Crippen LogP contribution is 2.47. The van der Waals surface area contributed by atoms with E-state index in [1.54, 1.807) is 5.19 Å². The number of rotatable bonds is 6. The smallest absolute Gasteiger partial charge is 0.252 e.